The van der Waals surface area contributed by atoms with Crippen LogP contribution in [-0.2, 0) is 6.42 Å². The van der Waals surface area contributed by atoms with E-state index in [1.54, 1.807) is 6.07 Å². The summed E-state index contributed by atoms with van der Waals surface area (Å²) in [6.07, 6.45) is 0.586. The molecular formula is C18H21ClFN. The van der Waals surface area contributed by atoms with Gasteiger partial charge in [0.05, 0.1) is 0 Å². The molecule has 0 amide bonds. The van der Waals surface area contributed by atoms with Crippen LogP contribution in [0.15, 0.2) is 36.4 Å². The van der Waals surface area contributed by atoms with Crippen LogP contribution >= 0.6 is 11.6 Å². The molecule has 0 saturated carbocycles. The zero-order valence-electron chi connectivity index (χ0n) is 12.7. The van der Waals surface area contributed by atoms with Crippen LogP contribution in [0.1, 0.15) is 35.2 Å². The SMILES string of the molecule is CCNC(Cc1ccccc1F)c1cc(C)c(C)cc1Cl. The van der Waals surface area contributed by atoms with E-state index in [0.717, 1.165) is 17.1 Å². The second kappa shape index (κ2) is 7.06. The summed E-state index contributed by atoms with van der Waals surface area (Å²) in [5.41, 5.74) is 4.11. The summed E-state index contributed by atoms with van der Waals surface area (Å²) in [4.78, 5) is 0. The Morgan fingerprint density at radius 3 is 2.48 bits per heavy atom. The zero-order chi connectivity index (χ0) is 15.4. The molecule has 0 heterocycles. The molecule has 1 unspecified atom stereocenters. The van der Waals surface area contributed by atoms with Crippen LogP contribution in [0.4, 0.5) is 4.39 Å². The summed E-state index contributed by atoms with van der Waals surface area (Å²) in [7, 11) is 0. The second-order valence-electron chi connectivity index (χ2n) is 5.36. The lowest BCUT2D eigenvalue weighted by Gasteiger charge is -2.21. The van der Waals surface area contributed by atoms with Gasteiger partial charge in [0.15, 0.2) is 0 Å². The van der Waals surface area contributed by atoms with E-state index in [9.17, 15) is 4.39 Å². The summed E-state index contributed by atoms with van der Waals surface area (Å²) < 4.78 is 13.9. The lowest BCUT2D eigenvalue weighted by molar-refractivity contribution is 0.528. The maximum atomic E-state index is 13.9. The third-order valence-corrected chi connectivity index (χ3v) is 4.15. The van der Waals surface area contributed by atoms with Gasteiger partial charge < -0.3 is 5.32 Å². The van der Waals surface area contributed by atoms with Crippen molar-refractivity contribution in [3.8, 4) is 0 Å². The first-order valence-electron chi connectivity index (χ1n) is 7.26. The lowest BCUT2D eigenvalue weighted by atomic mass is 9.95. The summed E-state index contributed by atoms with van der Waals surface area (Å²) in [5.74, 6) is -0.166. The fraction of sp³-hybridized carbons (Fsp3) is 0.333. The van der Waals surface area contributed by atoms with Crippen LogP contribution in [0.3, 0.4) is 0 Å². The highest BCUT2D eigenvalue weighted by molar-refractivity contribution is 6.31. The normalized spacial score (nSPS) is 12.4. The van der Waals surface area contributed by atoms with Gasteiger partial charge in [-0.1, -0.05) is 42.8 Å². The number of benzene rings is 2. The molecule has 2 aromatic carbocycles. The van der Waals surface area contributed by atoms with E-state index in [2.05, 4.69) is 18.3 Å². The molecule has 1 atom stereocenters. The quantitative estimate of drug-likeness (QED) is 0.820. The molecule has 1 nitrogen and oxygen atoms in total. The van der Waals surface area contributed by atoms with Crippen LogP contribution in [-0.4, -0.2) is 6.54 Å². The summed E-state index contributed by atoms with van der Waals surface area (Å²) >= 11 is 6.40. The fourth-order valence-corrected chi connectivity index (χ4v) is 2.84. The summed E-state index contributed by atoms with van der Waals surface area (Å²) in [6.45, 7) is 6.97. The highest BCUT2D eigenvalue weighted by Gasteiger charge is 2.17. The van der Waals surface area contributed by atoms with Crippen molar-refractivity contribution in [1.29, 1.82) is 0 Å². The third kappa shape index (κ3) is 3.84. The van der Waals surface area contributed by atoms with Gasteiger partial charge in [-0.3, -0.25) is 0 Å². The lowest BCUT2D eigenvalue weighted by Crippen LogP contribution is -2.24. The second-order valence-corrected chi connectivity index (χ2v) is 5.77. The average Bonchev–Trinajstić information content (AvgIpc) is 2.45. The van der Waals surface area contributed by atoms with Gasteiger partial charge in [-0.25, -0.2) is 4.39 Å². The standard InChI is InChI=1S/C18H21ClFN/c1-4-21-18(11-14-7-5-6-8-17(14)20)15-9-12(2)13(3)10-16(15)19/h5-10,18,21H,4,11H2,1-3H3. The van der Waals surface area contributed by atoms with E-state index in [1.165, 1.54) is 17.2 Å². The highest BCUT2D eigenvalue weighted by atomic mass is 35.5. The Balaban J connectivity index is 2.35. The van der Waals surface area contributed by atoms with E-state index in [1.807, 2.05) is 32.0 Å². The van der Waals surface area contributed by atoms with Gasteiger partial charge in [-0.05, 0) is 61.2 Å². The van der Waals surface area contributed by atoms with Gasteiger partial charge >= 0.3 is 0 Å². The molecule has 0 saturated heterocycles. The van der Waals surface area contributed by atoms with Crippen molar-refractivity contribution in [2.24, 2.45) is 0 Å². The molecule has 3 heteroatoms. The Bertz CT molecular complexity index is 625. The van der Waals surface area contributed by atoms with Crippen LogP contribution in [0.5, 0.6) is 0 Å². The molecule has 0 fully saturated rings. The van der Waals surface area contributed by atoms with Crippen molar-refractivity contribution in [1.82, 2.24) is 5.32 Å². The molecule has 0 aliphatic heterocycles. The largest absolute Gasteiger partial charge is 0.310 e. The Labute approximate surface area is 131 Å². The topological polar surface area (TPSA) is 12.0 Å². The molecule has 0 aliphatic rings. The number of nitrogens with one attached hydrogen (secondary N) is 1. The van der Waals surface area contributed by atoms with Gasteiger partial charge in [0.1, 0.15) is 5.82 Å². The predicted octanol–water partition coefficient (Wildman–Crippen LogP) is 4.99. The Morgan fingerprint density at radius 2 is 1.81 bits per heavy atom. The molecule has 0 aliphatic carbocycles. The number of aryl methyl sites for hydroxylation is 2. The van der Waals surface area contributed by atoms with Crippen LogP contribution in [0.25, 0.3) is 0 Å². The Hall–Kier alpha value is -1.38. The predicted molar refractivity (Wildman–Crippen MR) is 87.4 cm³/mol. The minimum Gasteiger partial charge on any atom is -0.310 e. The molecule has 2 aromatic rings. The molecule has 0 aromatic heterocycles. The molecule has 21 heavy (non-hydrogen) atoms. The van der Waals surface area contributed by atoms with Crippen molar-refractivity contribution in [3.05, 3.63) is 69.5 Å². The van der Waals surface area contributed by atoms with Crippen LogP contribution < -0.4 is 5.32 Å². The van der Waals surface area contributed by atoms with E-state index in [4.69, 9.17) is 11.6 Å². The first-order valence-corrected chi connectivity index (χ1v) is 7.64. The smallest absolute Gasteiger partial charge is 0.126 e. The first kappa shape index (κ1) is 16.0. The van der Waals surface area contributed by atoms with Crippen molar-refractivity contribution in [2.75, 3.05) is 6.54 Å². The monoisotopic (exact) mass is 305 g/mol. The fourth-order valence-electron chi connectivity index (χ4n) is 2.49. The first-order chi connectivity index (χ1) is 10.0. The molecule has 112 valence electrons. The van der Waals surface area contributed by atoms with Crippen LogP contribution in [0, 0.1) is 19.7 Å². The highest BCUT2D eigenvalue weighted by Crippen LogP contribution is 2.29. The summed E-state index contributed by atoms with van der Waals surface area (Å²) in [6, 6.07) is 11.0. The Kier molecular flexibility index (Phi) is 5.38. The number of halogens is 2. The van der Waals surface area contributed by atoms with E-state index >= 15 is 0 Å². The van der Waals surface area contributed by atoms with Gasteiger partial charge in [0, 0.05) is 11.1 Å². The third-order valence-electron chi connectivity index (χ3n) is 3.82. The van der Waals surface area contributed by atoms with E-state index in [-0.39, 0.29) is 11.9 Å². The number of rotatable bonds is 5. The van der Waals surface area contributed by atoms with Crippen LogP contribution in [0.2, 0.25) is 5.02 Å². The van der Waals surface area contributed by atoms with Gasteiger partial charge in [-0.2, -0.15) is 0 Å². The van der Waals surface area contributed by atoms with Crippen molar-refractivity contribution < 1.29 is 4.39 Å². The minimum atomic E-state index is -0.166. The number of hydrogen-bond acceptors (Lipinski definition) is 1. The molecule has 0 spiro atoms. The minimum absolute atomic E-state index is 0.0127. The van der Waals surface area contributed by atoms with Gasteiger partial charge in [0.25, 0.3) is 0 Å². The maximum Gasteiger partial charge on any atom is 0.126 e. The van der Waals surface area contributed by atoms with E-state index < -0.39 is 0 Å². The average molecular weight is 306 g/mol. The molecule has 2 rings (SSSR count). The van der Waals surface area contributed by atoms with Crippen molar-refractivity contribution >= 4 is 11.6 Å². The molecule has 0 bridgehead atoms. The zero-order valence-corrected chi connectivity index (χ0v) is 13.5. The Morgan fingerprint density at radius 1 is 1.14 bits per heavy atom. The summed E-state index contributed by atoms with van der Waals surface area (Å²) in [5, 5.41) is 4.15. The maximum absolute atomic E-state index is 13.9. The van der Waals surface area contributed by atoms with Gasteiger partial charge in [0.2, 0.25) is 0 Å². The van der Waals surface area contributed by atoms with Crippen molar-refractivity contribution in [3.63, 3.8) is 0 Å². The molecule has 0 radical (unpaired) electrons. The van der Waals surface area contributed by atoms with E-state index in [0.29, 0.717) is 12.0 Å². The number of hydrogen-bond donors (Lipinski definition) is 1. The number of likely N-dealkylation sites (N-methyl/N-ethyl adjacent to an activating group) is 1. The molecule has 1 N–H and O–H groups in total. The van der Waals surface area contributed by atoms with Crippen molar-refractivity contribution in [2.45, 2.75) is 33.2 Å². The van der Waals surface area contributed by atoms with Gasteiger partial charge in [-0.15, -0.1) is 0 Å². The molecular weight excluding hydrogens is 285 g/mol.